The highest BCUT2D eigenvalue weighted by atomic mass is 16.2. The fraction of sp³-hybridized carbons (Fsp3) is 0.267. The van der Waals surface area contributed by atoms with E-state index in [4.69, 9.17) is 0 Å². The van der Waals surface area contributed by atoms with Crippen molar-refractivity contribution < 1.29 is 9.59 Å². The van der Waals surface area contributed by atoms with E-state index in [0.717, 1.165) is 16.5 Å². The Bertz CT molecular complexity index is 709. The van der Waals surface area contributed by atoms with E-state index in [1.165, 1.54) is 4.90 Å². The number of benzene rings is 1. The lowest BCUT2D eigenvalue weighted by Gasteiger charge is -2.16. The summed E-state index contributed by atoms with van der Waals surface area (Å²) in [7, 11) is 0. The van der Waals surface area contributed by atoms with Crippen LogP contribution in [0.5, 0.6) is 0 Å². The zero-order chi connectivity index (χ0) is 14.3. The minimum atomic E-state index is -0.832. The van der Waals surface area contributed by atoms with E-state index in [2.05, 4.69) is 10.3 Å². The van der Waals surface area contributed by atoms with E-state index in [1.807, 2.05) is 30.3 Å². The first-order chi connectivity index (χ1) is 9.47. The maximum atomic E-state index is 12.1. The Morgan fingerprint density at radius 1 is 1.25 bits per heavy atom. The Labute approximate surface area is 116 Å². The van der Waals surface area contributed by atoms with Crippen molar-refractivity contribution in [3.05, 3.63) is 42.1 Å². The molecule has 2 heterocycles. The van der Waals surface area contributed by atoms with E-state index >= 15 is 0 Å². The molecular weight excluding hydrogens is 254 g/mol. The molecule has 1 aliphatic rings. The molecule has 2 aromatic rings. The monoisotopic (exact) mass is 269 g/mol. The third-order valence-electron chi connectivity index (χ3n) is 3.43. The van der Waals surface area contributed by atoms with Crippen molar-refractivity contribution in [3.8, 4) is 0 Å². The molecule has 1 aliphatic heterocycles. The second kappa shape index (κ2) is 4.30. The number of carbonyl (C=O) groups is 2. The Morgan fingerprint density at radius 2 is 2.00 bits per heavy atom. The van der Waals surface area contributed by atoms with Gasteiger partial charge in [0.15, 0.2) is 0 Å². The average Bonchev–Trinajstić information content (AvgIpc) is 2.61. The molecule has 1 saturated heterocycles. The van der Waals surface area contributed by atoms with Crippen molar-refractivity contribution in [1.82, 2.24) is 15.2 Å². The third kappa shape index (κ3) is 2.01. The molecule has 5 nitrogen and oxygen atoms in total. The molecule has 0 radical (unpaired) electrons. The lowest BCUT2D eigenvalue weighted by atomic mass is 10.1. The summed E-state index contributed by atoms with van der Waals surface area (Å²) >= 11 is 0. The van der Waals surface area contributed by atoms with Gasteiger partial charge in [0.05, 0.1) is 12.1 Å². The molecule has 0 saturated carbocycles. The first-order valence-electron chi connectivity index (χ1n) is 6.45. The van der Waals surface area contributed by atoms with Crippen LogP contribution in [0.1, 0.15) is 19.4 Å². The highest BCUT2D eigenvalue weighted by molar-refractivity contribution is 6.06. The molecule has 20 heavy (non-hydrogen) atoms. The number of nitrogens with one attached hydrogen (secondary N) is 1. The lowest BCUT2D eigenvalue weighted by Crippen LogP contribution is -2.40. The van der Waals surface area contributed by atoms with Crippen LogP contribution in [-0.2, 0) is 11.3 Å². The summed E-state index contributed by atoms with van der Waals surface area (Å²) in [6.07, 6.45) is 1.70. The van der Waals surface area contributed by atoms with Gasteiger partial charge < -0.3 is 5.32 Å². The van der Waals surface area contributed by atoms with Crippen molar-refractivity contribution in [2.24, 2.45) is 0 Å². The first kappa shape index (κ1) is 12.6. The first-order valence-corrected chi connectivity index (χ1v) is 6.45. The number of amides is 3. The molecule has 0 aliphatic carbocycles. The number of urea groups is 1. The highest BCUT2D eigenvalue weighted by Crippen LogP contribution is 2.20. The molecule has 3 rings (SSSR count). The van der Waals surface area contributed by atoms with E-state index in [1.54, 1.807) is 20.0 Å². The maximum Gasteiger partial charge on any atom is 0.325 e. The topological polar surface area (TPSA) is 62.3 Å². The quantitative estimate of drug-likeness (QED) is 0.849. The lowest BCUT2D eigenvalue weighted by molar-refractivity contribution is -0.130. The van der Waals surface area contributed by atoms with Crippen molar-refractivity contribution in [2.75, 3.05) is 0 Å². The van der Waals surface area contributed by atoms with Gasteiger partial charge in [0.25, 0.3) is 5.91 Å². The molecule has 5 heteroatoms. The molecular formula is C15H15N3O2. The van der Waals surface area contributed by atoms with Crippen LogP contribution < -0.4 is 5.32 Å². The Kier molecular flexibility index (Phi) is 2.71. The van der Waals surface area contributed by atoms with Gasteiger partial charge in [0, 0.05) is 11.6 Å². The predicted molar refractivity (Wildman–Crippen MR) is 74.9 cm³/mol. The Balaban J connectivity index is 1.90. The van der Waals surface area contributed by atoms with Gasteiger partial charge in [-0.05, 0) is 31.5 Å². The molecule has 0 bridgehead atoms. The standard InChI is InChI=1S/C15H15N3O2/c1-15(2)13(19)18(14(20)17-15)9-10-7-11-5-3-4-6-12(11)16-8-10/h3-8H,9H2,1-2H3,(H,17,20). The fourth-order valence-electron chi connectivity index (χ4n) is 2.35. The number of rotatable bonds is 2. The molecule has 3 amide bonds. The second-order valence-corrected chi connectivity index (χ2v) is 5.48. The minimum absolute atomic E-state index is 0.212. The minimum Gasteiger partial charge on any atom is -0.324 e. The molecule has 0 spiro atoms. The number of imide groups is 1. The van der Waals surface area contributed by atoms with Crippen LogP contribution in [0.2, 0.25) is 0 Å². The SMILES string of the molecule is CC1(C)NC(=O)N(Cc2cnc3ccccc3c2)C1=O. The summed E-state index contributed by atoms with van der Waals surface area (Å²) in [6.45, 7) is 3.64. The fourth-order valence-corrected chi connectivity index (χ4v) is 2.35. The number of fused-ring (bicyclic) bond motifs is 1. The van der Waals surface area contributed by atoms with E-state index in [-0.39, 0.29) is 18.5 Å². The number of hydrogen-bond acceptors (Lipinski definition) is 3. The van der Waals surface area contributed by atoms with Gasteiger partial charge in [-0.2, -0.15) is 0 Å². The maximum absolute atomic E-state index is 12.1. The van der Waals surface area contributed by atoms with E-state index in [0.29, 0.717) is 0 Å². The van der Waals surface area contributed by atoms with Crippen molar-refractivity contribution in [1.29, 1.82) is 0 Å². The number of aromatic nitrogens is 1. The molecule has 1 N–H and O–H groups in total. The van der Waals surface area contributed by atoms with E-state index < -0.39 is 5.54 Å². The van der Waals surface area contributed by atoms with Gasteiger partial charge >= 0.3 is 6.03 Å². The molecule has 1 aromatic carbocycles. The zero-order valence-corrected chi connectivity index (χ0v) is 11.4. The van der Waals surface area contributed by atoms with Crippen LogP contribution in [-0.4, -0.2) is 27.4 Å². The van der Waals surface area contributed by atoms with Crippen molar-refractivity contribution >= 4 is 22.8 Å². The summed E-state index contributed by atoms with van der Waals surface area (Å²) in [5.74, 6) is -0.212. The smallest absolute Gasteiger partial charge is 0.324 e. The summed E-state index contributed by atoms with van der Waals surface area (Å²) in [6, 6.07) is 9.35. The van der Waals surface area contributed by atoms with Crippen molar-refractivity contribution in [3.63, 3.8) is 0 Å². The molecule has 1 fully saturated rings. The molecule has 1 aromatic heterocycles. The summed E-state index contributed by atoms with van der Waals surface area (Å²) in [4.78, 5) is 29.5. The van der Waals surface area contributed by atoms with Crippen LogP contribution in [0.15, 0.2) is 36.5 Å². The van der Waals surface area contributed by atoms with E-state index in [9.17, 15) is 9.59 Å². The van der Waals surface area contributed by atoms with Gasteiger partial charge in [0.1, 0.15) is 5.54 Å². The molecule has 0 atom stereocenters. The number of hydrogen-bond donors (Lipinski definition) is 1. The summed E-state index contributed by atoms with van der Waals surface area (Å²) in [5.41, 5.74) is 0.903. The zero-order valence-electron chi connectivity index (χ0n) is 11.4. The Morgan fingerprint density at radius 3 is 2.70 bits per heavy atom. The van der Waals surface area contributed by atoms with Gasteiger partial charge in [0.2, 0.25) is 0 Å². The number of para-hydroxylation sites is 1. The van der Waals surface area contributed by atoms with Crippen LogP contribution in [0.3, 0.4) is 0 Å². The van der Waals surface area contributed by atoms with Crippen LogP contribution in [0, 0.1) is 0 Å². The summed E-state index contributed by atoms with van der Waals surface area (Å²) in [5, 5.41) is 3.66. The molecule has 102 valence electrons. The normalized spacial score (nSPS) is 17.6. The van der Waals surface area contributed by atoms with Gasteiger partial charge in [-0.15, -0.1) is 0 Å². The number of nitrogens with zero attached hydrogens (tertiary/aromatic N) is 2. The van der Waals surface area contributed by atoms with Crippen LogP contribution >= 0.6 is 0 Å². The van der Waals surface area contributed by atoms with Crippen LogP contribution in [0.25, 0.3) is 10.9 Å². The predicted octanol–water partition coefficient (Wildman–Crippen LogP) is 2.07. The van der Waals surface area contributed by atoms with Gasteiger partial charge in [-0.25, -0.2) is 4.79 Å². The largest absolute Gasteiger partial charge is 0.325 e. The Hall–Kier alpha value is -2.43. The van der Waals surface area contributed by atoms with Gasteiger partial charge in [-0.1, -0.05) is 18.2 Å². The second-order valence-electron chi connectivity index (χ2n) is 5.48. The molecule has 0 unspecified atom stereocenters. The van der Waals surface area contributed by atoms with Crippen molar-refractivity contribution in [2.45, 2.75) is 25.9 Å². The third-order valence-corrected chi connectivity index (χ3v) is 3.43. The van der Waals surface area contributed by atoms with Gasteiger partial charge in [-0.3, -0.25) is 14.7 Å². The summed E-state index contributed by atoms with van der Waals surface area (Å²) < 4.78 is 0. The highest BCUT2D eigenvalue weighted by Gasteiger charge is 2.44. The average molecular weight is 269 g/mol. The number of pyridine rings is 1. The van der Waals surface area contributed by atoms with Crippen LogP contribution in [0.4, 0.5) is 4.79 Å². The number of carbonyl (C=O) groups excluding carboxylic acids is 2.